The molecule has 0 aliphatic heterocycles. The van der Waals surface area contributed by atoms with E-state index in [9.17, 15) is 9.59 Å². The molecule has 3 N–H and O–H groups in total. The van der Waals surface area contributed by atoms with Crippen LogP contribution in [0.15, 0.2) is 30.3 Å². The van der Waals surface area contributed by atoms with Gasteiger partial charge in [-0.1, -0.05) is 0 Å². The third-order valence-corrected chi connectivity index (χ3v) is 2.69. The molecule has 0 saturated carbocycles. The number of carbonyl (C=O) groups excluding carboxylic acids is 1. The molecular formula is C14H11N3O3. The molecule has 0 fully saturated rings. The van der Waals surface area contributed by atoms with E-state index < -0.39 is 11.9 Å². The largest absolute Gasteiger partial charge is 0.477 e. The number of amides is 1. The van der Waals surface area contributed by atoms with Gasteiger partial charge < -0.3 is 15.4 Å². The van der Waals surface area contributed by atoms with E-state index in [2.05, 4.69) is 10.3 Å². The molecule has 1 amide bonds. The average Bonchev–Trinajstić information content (AvgIpc) is 2.80. The summed E-state index contributed by atoms with van der Waals surface area (Å²) < 4.78 is 0. The van der Waals surface area contributed by atoms with Gasteiger partial charge in [-0.15, -0.1) is 0 Å². The first-order valence-electron chi connectivity index (χ1n) is 5.75. The number of nitriles is 1. The van der Waals surface area contributed by atoms with E-state index in [0.717, 1.165) is 0 Å². The molecule has 100 valence electrons. The molecule has 6 heteroatoms. The first-order valence-corrected chi connectivity index (χ1v) is 5.75. The lowest BCUT2D eigenvalue weighted by molar-refractivity contribution is 0.0692. The smallest absolute Gasteiger partial charge is 0.354 e. The summed E-state index contributed by atoms with van der Waals surface area (Å²) in [7, 11) is 0. The molecular weight excluding hydrogens is 258 g/mol. The second kappa shape index (κ2) is 5.28. The zero-order valence-corrected chi connectivity index (χ0v) is 10.6. The number of hydrogen-bond donors (Lipinski definition) is 3. The van der Waals surface area contributed by atoms with Crippen molar-refractivity contribution in [3.05, 3.63) is 52.8 Å². The van der Waals surface area contributed by atoms with Gasteiger partial charge in [0.25, 0.3) is 5.91 Å². The van der Waals surface area contributed by atoms with Gasteiger partial charge in [-0.05, 0) is 37.3 Å². The van der Waals surface area contributed by atoms with E-state index in [1.165, 1.54) is 24.3 Å². The van der Waals surface area contributed by atoms with Crippen LogP contribution in [-0.4, -0.2) is 22.0 Å². The maximum Gasteiger partial charge on any atom is 0.354 e. The van der Waals surface area contributed by atoms with Gasteiger partial charge >= 0.3 is 5.97 Å². The summed E-state index contributed by atoms with van der Waals surface area (Å²) in [5.41, 5.74) is 1.58. The molecule has 0 aliphatic rings. The van der Waals surface area contributed by atoms with E-state index in [1.807, 2.05) is 6.07 Å². The minimum Gasteiger partial charge on any atom is -0.477 e. The van der Waals surface area contributed by atoms with Crippen LogP contribution in [0.3, 0.4) is 0 Å². The molecule has 6 nitrogen and oxygen atoms in total. The number of aryl methyl sites for hydroxylation is 1. The quantitative estimate of drug-likeness (QED) is 0.793. The second-order valence-corrected chi connectivity index (χ2v) is 4.19. The first kappa shape index (κ1) is 13.4. The summed E-state index contributed by atoms with van der Waals surface area (Å²) in [4.78, 5) is 25.7. The predicted octanol–water partition coefficient (Wildman–Crippen LogP) is 2.15. The van der Waals surface area contributed by atoms with Crippen molar-refractivity contribution < 1.29 is 14.7 Å². The molecule has 20 heavy (non-hydrogen) atoms. The van der Waals surface area contributed by atoms with Crippen molar-refractivity contribution in [2.75, 3.05) is 5.32 Å². The number of hydrogen-bond acceptors (Lipinski definition) is 3. The molecule has 0 atom stereocenters. The van der Waals surface area contributed by atoms with Crippen LogP contribution in [0.25, 0.3) is 0 Å². The lowest BCUT2D eigenvalue weighted by Gasteiger charge is -2.04. The molecule has 0 saturated heterocycles. The number of carbonyl (C=O) groups is 2. The van der Waals surface area contributed by atoms with E-state index in [1.54, 1.807) is 13.0 Å². The minimum absolute atomic E-state index is 0.0653. The highest BCUT2D eigenvalue weighted by atomic mass is 16.4. The second-order valence-electron chi connectivity index (χ2n) is 4.19. The van der Waals surface area contributed by atoms with Gasteiger partial charge in [0.2, 0.25) is 0 Å². The zero-order chi connectivity index (χ0) is 14.7. The molecule has 1 heterocycles. The molecule has 0 bridgehead atoms. The highest BCUT2D eigenvalue weighted by Crippen LogP contribution is 2.18. The molecule has 0 aliphatic carbocycles. The number of rotatable bonds is 3. The van der Waals surface area contributed by atoms with Crippen molar-refractivity contribution in [1.82, 2.24) is 4.98 Å². The lowest BCUT2D eigenvalue weighted by Crippen LogP contribution is -2.14. The monoisotopic (exact) mass is 269 g/mol. The van der Waals surface area contributed by atoms with Crippen LogP contribution in [0.1, 0.15) is 32.1 Å². The Morgan fingerprint density at radius 1 is 1.30 bits per heavy atom. The Labute approximate surface area is 114 Å². The Morgan fingerprint density at radius 3 is 2.50 bits per heavy atom. The van der Waals surface area contributed by atoms with Crippen molar-refractivity contribution in [2.24, 2.45) is 0 Å². The molecule has 1 aromatic heterocycles. The predicted molar refractivity (Wildman–Crippen MR) is 71.6 cm³/mol. The number of benzene rings is 1. The Kier molecular flexibility index (Phi) is 3.53. The van der Waals surface area contributed by atoms with Crippen LogP contribution in [0, 0.1) is 18.3 Å². The fraction of sp³-hybridized carbons (Fsp3) is 0.0714. The fourth-order valence-electron chi connectivity index (χ4n) is 1.75. The fourth-order valence-corrected chi connectivity index (χ4v) is 1.75. The number of nitrogens with one attached hydrogen (secondary N) is 2. The van der Waals surface area contributed by atoms with Crippen LogP contribution in [0.5, 0.6) is 0 Å². The number of nitrogens with zero attached hydrogens (tertiary/aromatic N) is 1. The van der Waals surface area contributed by atoms with Gasteiger partial charge in [0, 0.05) is 11.3 Å². The van der Waals surface area contributed by atoms with Gasteiger partial charge in [-0.3, -0.25) is 4.79 Å². The highest BCUT2D eigenvalue weighted by molar-refractivity contribution is 6.07. The molecule has 0 radical (unpaired) electrons. The maximum atomic E-state index is 12.0. The van der Waals surface area contributed by atoms with Crippen molar-refractivity contribution in [3.63, 3.8) is 0 Å². The Balaban J connectivity index is 2.23. The lowest BCUT2D eigenvalue weighted by atomic mass is 10.1. The number of H-pyrrole nitrogens is 1. The third-order valence-electron chi connectivity index (χ3n) is 2.69. The van der Waals surface area contributed by atoms with Gasteiger partial charge in [0.1, 0.15) is 5.69 Å². The number of aromatic carboxylic acids is 1. The Bertz CT molecular complexity index is 708. The number of carboxylic acid groups (broad SMARTS) is 1. The van der Waals surface area contributed by atoms with Gasteiger partial charge in [-0.2, -0.15) is 5.26 Å². The van der Waals surface area contributed by atoms with E-state index in [-0.39, 0.29) is 11.4 Å². The number of anilines is 1. The molecule has 2 aromatic rings. The summed E-state index contributed by atoms with van der Waals surface area (Å²) in [6, 6.07) is 9.56. The van der Waals surface area contributed by atoms with Crippen molar-refractivity contribution in [1.29, 1.82) is 5.26 Å². The van der Waals surface area contributed by atoms with Crippen molar-refractivity contribution >= 4 is 17.6 Å². The summed E-state index contributed by atoms with van der Waals surface area (Å²) in [6.07, 6.45) is 0. The van der Waals surface area contributed by atoms with Crippen LogP contribution >= 0.6 is 0 Å². The topological polar surface area (TPSA) is 106 Å². The van der Waals surface area contributed by atoms with Crippen molar-refractivity contribution in [2.45, 2.75) is 6.92 Å². The third kappa shape index (κ3) is 2.67. The SMILES string of the molecule is Cc1cc(NC(=O)c2ccc(C#N)cc2)c(C(=O)O)[nH]1. The molecule has 0 spiro atoms. The van der Waals surface area contributed by atoms with E-state index in [4.69, 9.17) is 10.4 Å². The molecule has 1 aromatic carbocycles. The summed E-state index contributed by atoms with van der Waals surface area (Å²) in [5.74, 6) is -1.58. The Hall–Kier alpha value is -3.07. The van der Waals surface area contributed by atoms with Crippen LogP contribution in [0.2, 0.25) is 0 Å². The Morgan fingerprint density at radius 2 is 1.95 bits per heavy atom. The van der Waals surface area contributed by atoms with Crippen LogP contribution in [-0.2, 0) is 0 Å². The number of carboxylic acids is 1. The average molecular weight is 269 g/mol. The van der Waals surface area contributed by atoms with Crippen LogP contribution < -0.4 is 5.32 Å². The van der Waals surface area contributed by atoms with Gasteiger partial charge in [-0.25, -0.2) is 4.79 Å². The summed E-state index contributed by atoms with van der Waals surface area (Å²) in [6.45, 7) is 1.70. The van der Waals surface area contributed by atoms with Gasteiger partial charge in [0.05, 0.1) is 17.3 Å². The van der Waals surface area contributed by atoms with Gasteiger partial charge in [0.15, 0.2) is 0 Å². The molecule has 0 unspecified atom stereocenters. The normalized spacial score (nSPS) is 9.80. The first-order chi connectivity index (χ1) is 9.51. The van der Waals surface area contributed by atoms with E-state index >= 15 is 0 Å². The summed E-state index contributed by atoms with van der Waals surface area (Å²) >= 11 is 0. The number of aromatic amines is 1. The summed E-state index contributed by atoms with van der Waals surface area (Å²) in [5, 5.41) is 20.2. The minimum atomic E-state index is -1.15. The van der Waals surface area contributed by atoms with E-state index in [0.29, 0.717) is 16.8 Å². The highest BCUT2D eigenvalue weighted by Gasteiger charge is 2.16. The zero-order valence-electron chi connectivity index (χ0n) is 10.6. The van der Waals surface area contributed by atoms with Crippen LogP contribution in [0.4, 0.5) is 5.69 Å². The standard InChI is InChI=1S/C14H11N3O3/c1-8-6-11(12(16-8)14(19)20)17-13(18)10-4-2-9(7-15)3-5-10/h2-6,16H,1H3,(H,17,18)(H,19,20). The van der Waals surface area contributed by atoms with Crippen molar-refractivity contribution in [3.8, 4) is 6.07 Å². The number of aromatic nitrogens is 1. The maximum absolute atomic E-state index is 12.0. The molecule has 2 rings (SSSR count).